The van der Waals surface area contributed by atoms with Crippen LogP contribution in [0.25, 0.3) is 11.3 Å². The average molecular weight is 448 g/mol. The summed E-state index contributed by atoms with van der Waals surface area (Å²) >= 11 is 1.72. The summed E-state index contributed by atoms with van der Waals surface area (Å²) in [5, 5.41) is 21.0. The molecule has 0 unspecified atom stereocenters. The predicted octanol–water partition coefficient (Wildman–Crippen LogP) is 4.47. The zero-order valence-electron chi connectivity index (χ0n) is 17.7. The van der Waals surface area contributed by atoms with Gasteiger partial charge in [-0.3, -0.25) is 4.79 Å². The average Bonchev–Trinajstić information content (AvgIpc) is 3.26. The molecule has 0 saturated carbocycles. The van der Waals surface area contributed by atoms with E-state index in [4.69, 9.17) is 24.8 Å². The monoisotopic (exact) mass is 447 g/mol. The van der Waals surface area contributed by atoms with Crippen molar-refractivity contribution >= 4 is 40.0 Å². The molecule has 3 rings (SSSR count). The van der Waals surface area contributed by atoms with Crippen molar-refractivity contribution < 1.29 is 24.6 Å². The minimum Gasteiger partial charge on any atom is -0.473 e. The van der Waals surface area contributed by atoms with Crippen LogP contribution < -0.4 is 10.2 Å². The summed E-state index contributed by atoms with van der Waals surface area (Å²) in [5.74, 6) is -3.55. The number of benzene rings is 1. The first kappa shape index (κ1) is 24.3. The Labute approximate surface area is 185 Å². The minimum atomic E-state index is -1.82. The van der Waals surface area contributed by atoms with Crippen LogP contribution in [0, 0.1) is 0 Å². The highest BCUT2D eigenvalue weighted by Crippen LogP contribution is 2.29. The molecule has 0 atom stereocenters. The molecule has 1 aromatic carbocycles. The Bertz CT molecular complexity index is 848. The fourth-order valence-corrected chi connectivity index (χ4v) is 4.00. The maximum Gasteiger partial charge on any atom is 0.414 e. The molecular weight excluding hydrogens is 418 g/mol. The van der Waals surface area contributed by atoms with E-state index in [0.717, 1.165) is 54.4 Å². The number of hydrogen-bond acceptors (Lipinski definition) is 6. The number of carbonyl (C=O) groups is 3. The number of carboxylic acids is 2. The van der Waals surface area contributed by atoms with E-state index in [0.29, 0.717) is 6.42 Å². The van der Waals surface area contributed by atoms with E-state index in [1.54, 1.807) is 11.3 Å². The molecule has 1 aliphatic heterocycles. The summed E-state index contributed by atoms with van der Waals surface area (Å²) in [7, 11) is 0. The number of carboxylic acid groups (broad SMARTS) is 2. The first-order valence-electron chi connectivity index (χ1n) is 10.5. The molecule has 0 bridgehead atoms. The first-order chi connectivity index (χ1) is 14.9. The summed E-state index contributed by atoms with van der Waals surface area (Å²) in [6.07, 6.45) is 7.66. The van der Waals surface area contributed by atoms with Gasteiger partial charge < -0.3 is 20.4 Å². The van der Waals surface area contributed by atoms with Crippen LogP contribution in [0.15, 0.2) is 29.6 Å². The lowest BCUT2D eigenvalue weighted by Gasteiger charge is -2.25. The first-order valence-corrected chi connectivity index (χ1v) is 11.4. The van der Waals surface area contributed by atoms with Gasteiger partial charge in [0.1, 0.15) is 0 Å². The Morgan fingerprint density at radius 1 is 1.03 bits per heavy atom. The van der Waals surface area contributed by atoms with Crippen LogP contribution in [0.1, 0.15) is 51.9 Å². The van der Waals surface area contributed by atoms with E-state index < -0.39 is 11.9 Å². The molecule has 2 aromatic rings. The number of piperidine rings is 1. The number of hydrogen-bond donors (Lipinski definition) is 3. The van der Waals surface area contributed by atoms with Crippen LogP contribution in [-0.2, 0) is 14.4 Å². The van der Waals surface area contributed by atoms with E-state index >= 15 is 0 Å². The summed E-state index contributed by atoms with van der Waals surface area (Å²) < 4.78 is 0. The standard InChI is InChI=1S/C20H27N3OS.C2H2O4/c1-2-3-5-8-19(24)21-17-11-9-16(10-12-17)18-15-25-20(22-18)23-13-6-4-7-14-23;3-1(4)2(5)6/h9-12,15H,2-8,13-14H2,1H3,(H,21,24);(H,3,4)(H,5,6). The molecule has 2 heterocycles. The number of aliphatic carboxylic acids is 2. The van der Waals surface area contributed by atoms with Gasteiger partial charge >= 0.3 is 11.9 Å². The second-order valence-corrected chi connectivity index (χ2v) is 8.09. The van der Waals surface area contributed by atoms with Gasteiger partial charge in [0.25, 0.3) is 0 Å². The highest BCUT2D eigenvalue weighted by molar-refractivity contribution is 7.14. The SMILES string of the molecule is CCCCCC(=O)Nc1ccc(-c2csc(N3CCCCC3)n2)cc1.O=C(O)C(=O)O. The topological polar surface area (TPSA) is 120 Å². The summed E-state index contributed by atoms with van der Waals surface area (Å²) in [6, 6.07) is 8.01. The van der Waals surface area contributed by atoms with E-state index in [1.165, 1.54) is 19.3 Å². The molecule has 31 heavy (non-hydrogen) atoms. The number of aromatic nitrogens is 1. The van der Waals surface area contributed by atoms with Gasteiger partial charge in [0.05, 0.1) is 5.69 Å². The second-order valence-electron chi connectivity index (χ2n) is 7.26. The van der Waals surface area contributed by atoms with Gasteiger partial charge in [-0.25, -0.2) is 14.6 Å². The van der Waals surface area contributed by atoms with Crippen molar-refractivity contribution in [3.05, 3.63) is 29.6 Å². The van der Waals surface area contributed by atoms with Crippen molar-refractivity contribution in [1.29, 1.82) is 0 Å². The van der Waals surface area contributed by atoms with Crippen LogP contribution in [0.3, 0.4) is 0 Å². The number of nitrogens with zero attached hydrogens (tertiary/aromatic N) is 2. The molecule has 1 saturated heterocycles. The number of thiazole rings is 1. The number of rotatable bonds is 7. The Balaban J connectivity index is 0.000000501. The molecule has 0 aliphatic carbocycles. The Morgan fingerprint density at radius 3 is 2.26 bits per heavy atom. The van der Waals surface area contributed by atoms with E-state index in [9.17, 15) is 4.79 Å². The maximum atomic E-state index is 11.9. The lowest BCUT2D eigenvalue weighted by molar-refractivity contribution is -0.159. The zero-order valence-corrected chi connectivity index (χ0v) is 18.5. The molecule has 9 heteroatoms. The van der Waals surface area contributed by atoms with E-state index in [-0.39, 0.29) is 5.91 Å². The summed E-state index contributed by atoms with van der Waals surface area (Å²) in [6.45, 7) is 4.39. The fraction of sp³-hybridized carbons (Fsp3) is 0.455. The van der Waals surface area contributed by atoms with Gasteiger partial charge in [0, 0.05) is 36.1 Å². The largest absolute Gasteiger partial charge is 0.473 e. The number of anilines is 2. The van der Waals surface area contributed by atoms with E-state index in [1.807, 2.05) is 24.3 Å². The summed E-state index contributed by atoms with van der Waals surface area (Å²) in [4.78, 5) is 37.3. The molecule has 1 amide bonds. The van der Waals surface area contributed by atoms with Crippen molar-refractivity contribution in [2.24, 2.45) is 0 Å². The molecule has 8 nitrogen and oxygen atoms in total. The van der Waals surface area contributed by atoms with Crippen LogP contribution in [0.4, 0.5) is 10.8 Å². The van der Waals surface area contributed by atoms with Crippen LogP contribution in [-0.4, -0.2) is 46.1 Å². The van der Waals surface area contributed by atoms with Crippen molar-refractivity contribution in [1.82, 2.24) is 4.98 Å². The number of nitrogens with one attached hydrogen (secondary N) is 1. The van der Waals surface area contributed by atoms with Crippen LogP contribution >= 0.6 is 11.3 Å². The molecule has 1 aromatic heterocycles. The third kappa shape index (κ3) is 8.37. The van der Waals surface area contributed by atoms with Gasteiger partial charge in [0.2, 0.25) is 5.91 Å². The molecule has 1 fully saturated rings. The fourth-order valence-electron chi connectivity index (χ4n) is 3.11. The van der Waals surface area contributed by atoms with E-state index in [2.05, 4.69) is 22.5 Å². The predicted molar refractivity (Wildman–Crippen MR) is 122 cm³/mol. The Hall–Kier alpha value is -2.94. The minimum absolute atomic E-state index is 0.0993. The zero-order chi connectivity index (χ0) is 22.6. The molecule has 0 radical (unpaired) electrons. The van der Waals surface area contributed by atoms with Crippen molar-refractivity contribution in [2.45, 2.75) is 51.9 Å². The second kappa shape index (κ2) is 12.7. The molecular formula is C22H29N3O5S. The number of unbranched alkanes of at least 4 members (excludes halogenated alkanes) is 2. The van der Waals surface area contributed by atoms with Crippen molar-refractivity contribution in [3.63, 3.8) is 0 Å². The molecule has 168 valence electrons. The molecule has 3 N–H and O–H groups in total. The Morgan fingerprint density at radius 2 is 1.68 bits per heavy atom. The lowest BCUT2D eigenvalue weighted by Crippen LogP contribution is -2.29. The normalized spacial score (nSPS) is 13.1. The number of amides is 1. The lowest BCUT2D eigenvalue weighted by atomic mass is 10.1. The van der Waals surface area contributed by atoms with Crippen LogP contribution in [0.5, 0.6) is 0 Å². The van der Waals surface area contributed by atoms with Crippen molar-refractivity contribution in [2.75, 3.05) is 23.3 Å². The highest BCUT2D eigenvalue weighted by Gasteiger charge is 2.15. The maximum absolute atomic E-state index is 11.9. The van der Waals surface area contributed by atoms with Gasteiger partial charge in [-0.05, 0) is 37.8 Å². The summed E-state index contributed by atoms with van der Waals surface area (Å²) in [5.41, 5.74) is 2.98. The van der Waals surface area contributed by atoms with Gasteiger partial charge in [-0.1, -0.05) is 31.9 Å². The third-order valence-corrected chi connectivity index (χ3v) is 5.67. The molecule has 0 spiro atoms. The van der Waals surface area contributed by atoms with Gasteiger partial charge in [0.15, 0.2) is 5.13 Å². The van der Waals surface area contributed by atoms with Crippen LogP contribution in [0.2, 0.25) is 0 Å². The highest BCUT2D eigenvalue weighted by atomic mass is 32.1. The smallest absolute Gasteiger partial charge is 0.414 e. The third-order valence-electron chi connectivity index (χ3n) is 4.77. The van der Waals surface area contributed by atoms with Crippen molar-refractivity contribution in [3.8, 4) is 11.3 Å². The molecule has 1 aliphatic rings. The van der Waals surface area contributed by atoms with Gasteiger partial charge in [-0.15, -0.1) is 11.3 Å². The number of carbonyl (C=O) groups excluding carboxylic acids is 1. The quantitative estimate of drug-likeness (QED) is 0.423. The van der Waals surface area contributed by atoms with Gasteiger partial charge in [-0.2, -0.15) is 0 Å². The Kier molecular flexibility index (Phi) is 9.96.